The Balaban J connectivity index is 1.40. The Labute approximate surface area is 184 Å². The second-order valence-corrected chi connectivity index (χ2v) is 9.73. The number of aromatic nitrogens is 1. The molecule has 1 fully saturated rings. The molecule has 31 heavy (non-hydrogen) atoms. The number of carbonyl (C=O) groups excluding carboxylic acids is 1. The maximum Gasteiger partial charge on any atom is 0.250 e. The number of carbonyl (C=O) groups is 1. The molecule has 10 heteroatoms. The Morgan fingerprint density at radius 3 is 2.65 bits per heavy atom. The van der Waals surface area contributed by atoms with Gasteiger partial charge < -0.3 is 9.47 Å². The highest BCUT2D eigenvalue weighted by Crippen LogP contribution is 2.29. The van der Waals surface area contributed by atoms with Gasteiger partial charge in [0.05, 0.1) is 35.4 Å². The third-order valence-corrected chi connectivity index (χ3v) is 7.59. The first-order chi connectivity index (χ1) is 15.0. The molecule has 1 aliphatic rings. The van der Waals surface area contributed by atoms with E-state index >= 15 is 0 Å². The molecular weight excluding hydrogens is 438 g/mol. The van der Waals surface area contributed by atoms with Gasteiger partial charge in [-0.3, -0.25) is 10.1 Å². The average molecular weight is 460 g/mol. The van der Waals surface area contributed by atoms with Crippen molar-refractivity contribution < 1.29 is 22.7 Å². The highest BCUT2D eigenvalue weighted by atomic mass is 32.2. The molecule has 1 aliphatic heterocycles. The highest BCUT2D eigenvalue weighted by molar-refractivity contribution is 7.89. The van der Waals surface area contributed by atoms with Gasteiger partial charge in [0.15, 0.2) is 5.13 Å². The fraction of sp³-hybridized carbons (Fsp3) is 0.238. The lowest BCUT2D eigenvalue weighted by Crippen LogP contribution is -2.40. The van der Waals surface area contributed by atoms with Crippen LogP contribution in [0.2, 0.25) is 0 Å². The third kappa shape index (κ3) is 4.93. The number of sulfonamides is 1. The third-order valence-electron chi connectivity index (χ3n) is 4.74. The average Bonchev–Trinajstić information content (AvgIpc) is 3.19. The van der Waals surface area contributed by atoms with Crippen molar-refractivity contribution >= 4 is 48.7 Å². The van der Waals surface area contributed by atoms with Crippen LogP contribution in [0.25, 0.3) is 16.3 Å². The Kier molecular flexibility index (Phi) is 6.33. The summed E-state index contributed by atoms with van der Waals surface area (Å²) < 4.78 is 38.1. The van der Waals surface area contributed by atoms with Gasteiger partial charge in [-0.15, -0.1) is 0 Å². The Hall–Kier alpha value is -2.79. The van der Waals surface area contributed by atoms with E-state index in [0.29, 0.717) is 37.0 Å². The molecule has 1 N–H and O–H groups in total. The molecule has 2 heterocycles. The van der Waals surface area contributed by atoms with Crippen LogP contribution in [0.5, 0.6) is 5.75 Å². The SMILES string of the molecule is COc1ccc2nc(NC(=O)C=Cc3ccc(S(=O)(=O)N4CCOCC4)cc3)sc2c1. The lowest BCUT2D eigenvalue weighted by molar-refractivity contribution is -0.111. The van der Waals surface area contributed by atoms with Gasteiger partial charge in [-0.1, -0.05) is 23.5 Å². The summed E-state index contributed by atoms with van der Waals surface area (Å²) in [6, 6.07) is 11.9. The number of nitrogens with one attached hydrogen (secondary N) is 1. The maximum absolute atomic E-state index is 12.7. The number of benzene rings is 2. The van der Waals surface area contributed by atoms with Crippen LogP contribution in [0.4, 0.5) is 5.13 Å². The van der Waals surface area contributed by atoms with Crippen molar-refractivity contribution in [3.8, 4) is 5.75 Å². The van der Waals surface area contributed by atoms with Gasteiger partial charge in [0.1, 0.15) is 5.75 Å². The summed E-state index contributed by atoms with van der Waals surface area (Å²) in [5.41, 5.74) is 1.49. The van der Waals surface area contributed by atoms with Crippen LogP contribution >= 0.6 is 11.3 Å². The minimum Gasteiger partial charge on any atom is -0.497 e. The number of rotatable bonds is 6. The Bertz CT molecular complexity index is 1210. The minimum absolute atomic E-state index is 0.223. The molecule has 0 aliphatic carbocycles. The summed E-state index contributed by atoms with van der Waals surface area (Å²) in [4.78, 5) is 16.9. The number of amides is 1. The molecule has 1 aromatic heterocycles. The van der Waals surface area contributed by atoms with Gasteiger partial charge >= 0.3 is 0 Å². The summed E-state index contributed by atoms with van der Waals surface area (Å²) in [7, 11) is -1.94. The van der Waals surface area contributed by atoms with E-state index in [4.69, 9.17) is 9.47 Å². The van der Waals surface area contributed by atoms with Crippen LogP contribution in [0.15, 0.2) is 53.4 Å². The predicted octanol–water partition coefficient (Wildman–Crippen LogP) is 2.98. The van der Waals surface area contributed by atoms with E-state index in [1.807, 2.05) is 18.2 Å². The molecule has 3 aromatic rings. The number of hydrogen-bond acceptors (Lipinski definition) is 7. The number of morpholine rings is 1. The van der Waals surface area contributed by atoms with E-state index < -0.39 is 10.0 Å². The van der Waals surface area contributed by atoms with E-state index in [2.05, 4.69) is 10.3 Å². The van der Waals surface area contributed by atoms with Gasteiger partial charge in [0.2, 0.25) is 15.9 Å². The van der Waals surface area contributed by atoms with Crippen molar-refractivity contribution in [2.24, 2.45) is 0 Å². The molecule has 0 bridgehead atoms. The summed E-state index contributed by atoms with van der Waals surface area (Å²) in [6.45, 7) is 1.50. The van der Waals surface area contributed by atoms with Crippen LogP contribution in [0, 0.1) is 0 Å². The van der Waals surface area contributed by atoms with Crippen LogP contribution in [-0.2, 0) is 19.6 Å². The minimum atomic E-state index is -3.53. The number of thiazole rings is 1. The van der Waals surface area contributed by atoms with Gasteiger partial charge in [0, 0.05) is 19.2 Å². The molecule has 162 valence electrons. The molecule has 1 saturated heterocycles. The van der Waals surface area contributed by atoms with Crippen LogP contribution in [-0.4, -0.2) is 57.0 Å². The molecule has 0 spiro atoms. The Morgan fingerprint density at radius 1 is 1.19 bits per heavy atom. The lowest BCUT2D eigenvalue weighted by Gasteiger charge is -2.26. The van der Waals surface area contributed by atoms with Crippen molar-refractivity contribution in [2.45, 2.75) is 4.90 Å². The van der Waals surface area contributed by atoms with Crippen LogP contribution in [0.3, 0.4) is 0 Å². The molecule has 2 aromatic carbocycles. The zero-order valence-corrected chi connectivity index (χ0v) is 18.4. The maximum atomic E-state index is 12.7. The van der Waals surface area contributed by atoms with E-state index in [9.17, 15) is 13.2 Å². The van der Waals surface area contributed by atoms with Gasteiger partial charge in [0.25, 0.3) is 0 Å². The van der Waals surface area contributed by atoms with Crippen molar-refractivity contribution in [3.05, 3.63) is 54.1 Å². The molecular formula is C21H21N3O5S2. The van der Waals surface area contributed by atoms with E-state index in [1.165, 1.54) is 21.7 Å². The number of methoxy groups -OCH3 is 1. The number of hydrogen-bond donors (Lipinski definition) is 1. The summed E-state index contributed by atoms with van der Waals surface area (Å²) in [5, 5.41) is 3.23. The smallest absolute Gasteiger partial charge is 0.250 e. The summed E-state index contributed by atoms with van der Waals surface area (Å²) in [6.07, 6.45) is 3.01. The van der Waals surface area contributed by atoms with Crippen molar-refractivity contribution in [2.75, 3.05) is 38.7 Å². The van der Waals surface area contributed by atoms with Gasteiger partial charge in [-0.05, 0) is 42.0 Å². The molecule has 0 atom stereocenters. The fourth-order valence-corrected chi connectivity index (χ4v) is 5.40. The summed E-state index contributed by atoms with van der Waals surface area (Å²) in [5.74, 6) is 0.407. The highest BCUT2D eigenvalue weighted by Gasteiger charge is 2.25. The molecule has 4 rings (SSSR count). The first kappa shape index (κ1) is 21.4. The van der Waals surface area contributed by atoms with Crippen molar-refractivity contribution in [1.82, 2.24) is 9.29 Å². The van der Waals surface area contributed by atoms with E-state index in [1.54, 1.807) is 37.5 Å². The monoisotopic (exact) mass is 459 g/mol. The van der Waals surface area contributed by atoms with Crippen molar-refractivity contribution in [3.63, 3.8) is 0 Å². The summed E-state index contributed by atoms with van der Waals surface area (Å²) >= 11 is 1.36. The van der Waals surface area contributed by atoms with Crippen LogP contribution < -0.4 is 10.1 Å². The Morgan fingerprint density at radius 2 is 1.94 bits per heavy atom. The number of ether oxygens (including phenoxy) is 2. The second kappa shape index (κ2) is 9.15. The van der Waals surface area contributed by atoms with Crippen molar-refractivity contribution in [1.29, 1.82) is 0 Å². The van der Waals surface area contributed by atoms with Crippen LogP contribution in [0.1, 0.15) is 5.56 Å². The largest absolute Gasteiger partial charge is 0.497 e. The van der Waals surface area contributed by atoms with Gasteiger partial charge in [-0.2, -0.15) is 4.31 Å². The topological polar surface area (TPSA) is 97.8 Å². The number of fused-ring (bicyclic) bond motifs is 1. The first-order valence-corrected chi connectivity index (χ1v) is 11.8. The molecule has 8 nitrogen and oxygen atoms in total. The quantitative estimate of drug-likeness (QED) is 0.569. The first-order valence-electron chi connectivity index (χ1n) is 9.57. The zero-order chi connectivity index (χ0) is 21.8. The number of anilines is 1. The van der Waals surface area contributed by atoms with E-state index in [-0.39, 0.29) is 10.8 Å². The number of nitrogens with zero attached hydrogens (tertiary/aromatic N) is 2. The zero-order valence-electron chi connectivity index (χ0n) is 16.8. The van der Waals surface area contributed by atoms with E-state index in [0.717, 1.165) is 16.0 Å². The molecule has 0 saturated carbocycles. The second-order valence-electron chi connectivity index (χ2n) is 6.76. The fourth-order valence-electron chi connectivity index (χ4n) is 3.09. The lowest BCUT2D eigenvalue weighted by atomic mass is 10.2. The van der Waals surface area contributed by atoms with Gasteiger partial charge in [-0.25, -0.2) is 13.4 Å². The normalized spacial score (nSPS) is 15.4. The molecule has 1 amide bonds. The molecule has 0 radical (unpaired) electrons. The standard InChI is InChI=1S/C21H21N3O5S2/c1-28-16-5-8-18-19(14-16)30-21(22-18)23-20(25)9-4-15-2-6-17(7-3-15)31(26,27)24-10-12-29-13-11-24/h2-9,14H,10-13H2,1H3,(H,22,23,25). The predicted molar refractivity (Wildman–Crippen MR) is 120 cm³/mol. The molecule has 0 unspecified atom stereocenters.